The molecule has 2 rings (SSSR count). The monoisotopic (exact) mass is 231 g/mol. The van der Waals surface area contributed by atoms with Gasteiger partial charge in [-0.3, -0.25) is 0 Å². The van der Waals surface area contributed by atoms with Crippen LogP contribution in [-0.2, 0) is 0 Å². The number of aryl methyl sites for hydroxylation is 2. The topological polar surface area (TPSA) is 12.0 Å². The fourth-order valence-electron chi connectivity index (χ4n) is 2.74. The average molecular weight is 231 g/mol. The van der Waals surface area contributed by atoms with E-state index >= 15 is 0 Å². The average Bonchev–Trinajstić information content (AvgIpc) is 2.25. The Labute approximate surface area is 106 Å². The maximum Gasteiger partial charge on any atom is 0.0372 e. The lowest BCUT2D eigenvalue weighted by Crippen LogP contribution is -2.30. The van der Waals surface area contributed by atoms with Crippen molar-refractivity contribution >= 4 is 5.69 Å². The summed E-state index contributed by atoms with van der Waals surface area (Å²) >= 11 is 0. The fourth-order valence-corrected chi connectivity index (χ4v) is 2.74. The van der Waals surface area contributed by atoms with Gasteiger partial charge in [0, 0.05) is 11.7 Å². The molecule has 0 aromatic heterocycles. The van der Waals surface area contributed by atoms with Crippen molar-refractivity contribution in [1.82, 2.24) is 0 Å². The molecule has 0 unspecified atom stereocenters. The molecule has 0 heterocycles. The Bertz CT molecular complexity index is 383. The molecule has 1 aromatic rings. The highest BCUT2D eigenvalue weighted by molar-refractivity contribution is 5.52. The van der Waals surface area contributed by atoms with Crippen LogP contribution in [0.15, 0.2) is 18.2 Å². The van der Waals surface area contributed by atoms with Gasteiger partial charge in [0.1, 0.15) is 0 Å². The third-order valence-corrected chi connectivity index (χ3v) is 4.08. The van der Waals surface area contributed by atoms with Gasteiger partial charge in [-0.2, -0.15) is 0 Å². The maximum atomic E-state index is 3.71. The molecule has 0 amide bonds. The van der Waals surface area contributed by atoms with Gasteiger partial charge in [0.05, 0.1) is 0 Å². The van der Waals surface area contributed by atoms with E-state index < -0.39 is 0 Å². The first-order valence-corrected chi connectivity index (χ1v) is 6.80. The Morgan fingerprint density at radius 1 is 1.12 bits per heavy atom. The molecule has 0 aliphatic heterocycles. The first-order valence-electron chi connectivity index (χ1n) is 6.80. The number of hydrogen-bond donors (Lipinski definition) is 1. The zero-order valence-electron chi connectivity index (χ0n) is 11.6. The summed E-state index contributed by atoms with van der Waals surface area (Å²) in [4.78, 5) is 0. The van der Waals surface area contributed by atoms with Crippen molar-refractivity contribution in [1.29, 1.82) is 0 Å². The second kappa shape index (κ2) is 4.72. The molecule has 1 aromatic carbocycles. The van der Waals surface area contributed by atoms with Crippen LogP contribution in [0.25, 0.3) is 0 Å². The SMILES string of the molecule is Cc1ccc(NC2CCC(C)(C)CC2)c(C)c1. The summed E-state index contributed by atoms with van der Waals surface area (Å²) in [6.45, 7) is 9.13. The minimum absolute atomic E-state index is 0.556. The van der Waals surface area contributed by atoms with Crippen molar-refractivity contribution in [2.45, 2.75) is 59.4 Å². The number of anilines is 1. The first-order chi connectivity index (χ1) is 7.96. The molecule has 1 nitrogen and oxygen atoms in total. The van der Waals surface area contributed by atoms with Crippen molar-refractivity contribution in [2.24, 2.45) is 5.41 Å². The molecule has 94 valence electrons. The van der Waals surface area contributed by atoms with Crippen molar-refractivity contribution in [3.8, 4) is 0 Å². The van der Waals surface area contributed by atoms with E-state index in [1.165, 1.54) is 42.5 Å². The van der Waals surface area contributed by atoms with Crippen LogP contribution in [0.2, 0.25) is 0 Å². The van der Waals surface area contributed by atoms with Crippen LogP contribution in [0.1, 0.15) is 50.7 Å². The van der Waals surface area contributed by atoms with Crippen molar-refractivity contribution in [3.63, 3.8) is 0 Å². The highest BCUT2D eigenvalue weighted by Crippen LogP contribution is 2.36. The Morgan fingerprint density at radius 2 is 1.76 bits per heavy atom. The summed E-state index contributed by atoms with van der Waals surface area (Å²) in [6.07, 6.45) is 5.30. The standard InChI is InChI=1S/C16H25N/c1-12-5-6-15(13(2)11-12)17-14-7-9-16(3,4)10-8-14/h5-6,11,14,17H,7-10H2,1-4H3. The number of hydrogen-bond acceptors (Lipinski definition) is 1. The maximum absolute atomic E-state index is 3.71. The predicted molar refractivity (Wildman–Crippen MR) is 75.6 cm³/mol. The Morgan fingerprint density at radius 3 is 2.35 bits per heavy atom. The van der Waals surface area contributed by atoms with Crippen LogP contribution in [0.4, 0.5) is 5.69 Å². The van der Waals surface area contributed by atoms with Crippen LogP contribution in [-0.4, -0.2) is 6.04 Å². The van der Waals surface area contributed by atoms with E-state index in [0.29, 0.717) is 11.5 Å². The highest BCUT2D eigenvalue weighted by Gasteiger charge is 2.26. The van der Waals surface area contributed by atoms with Gasteiger partial charge < -0.3 is 5.32 Å². The summed E-state index contributed by atoms with van der Waals surface area (Å²) in [5, 5.41) is 3.71. The molecule has 0 radical (unpaired) electrons. The van der Waals surface area contributed by atoms with Crippen LogP contribution in [0.3, 0.4) is 0 Å². The zero-order valence-corrected chi connectivity index (χ0v) is 11.6. The normalized spacial score (nSPS) is 20.2. The Kier molecular flexibility index (Phi) is 3.46. The first kappa shape index (κ1) is 12.5. The van der Waals surface area contributed by atoms with Crippen LogP contribution in [0, 0.1) is 19.3 Å². The number of rotatable bonds is 2. The second-order valence-electron chi connectivity index (χ2n) is 6.40. The lowest BCUT2D eigenvalue weighted by atomic mass is 9.75. The molecular formula is C16H25N. The number of nitrogens with one attached hydrogen (secondary N) is 1. The van der Waals surface area contributed by atoms with Gasteiger partial charge in [-0.05, 0) is 56.6 Å². The van der Waals surface area contributed by atoms with E-state index in [0.717, 1.165) is 0 Å². The van der Waals surface area contributed by atoms with Gasteiger partial charge in [-0.1, -0.05) is 31.5 Å². The molecule has 0 atom stereocenters. The van der Waals surface area contributed by atoms with Gasteiger partial charge in [-0.15, -0.1) is 0 Å². The minimum atomic E-state index is 0.556. The molecular weight excluding hydrogens is 206 g/mol. The quantitative estimate of drug-likeness (QED) is 0.779. The molecule has 0 spiro atoms. The van der Waals surface area contributed by atoms with E-state index in [9.17, 15) is 0 Å². The third kappa shape index (κ3) is 3.24. The fraction of sp³-hybridized carbons (Fsp3) is 0.625. The molecule has 0 bridgehead atoms. The van der Waals surface area contributed by atoms with E-state index in [1.54, 1.807) is 0 Å². The van der Waals surface area contributed by atoms with Crippen molar-refractivity contribution in [2.75, 3.05) is 5.32 Å². The van der Waals surface area contributed by atoms with Crippen molar-refractivity contribution < 1.29 is 0 Å². The predicted octanol–water partition coefficient (Wildman–Crippen LogP) is 4.68. The molecule has 1 aliphatic carbocycles. The molecule has 1 aliphatic rings. The van der Waals surface area contributed by atoms with Gasteiger partial charge in [0.2, 0.25) is 0 Å². The van der Waals surface area contributed by atoms with Gasteiger partial charge in [0.15, 0.2) is 0 Å². The van der Waals surface area contributed by atoms with E-state index in [-0.39, 0.29) is 0 Å². The third-order valence-electron chi connectivity index (χ3n) is 4.08. The molecule has 17 heavy (non-hydrogen) atoms. The smallest absolute Gasteiger partial charge is 0.0372 e. The molecule has 1 fully saturated rings. The summed E-state index contributed by atoms with van der Waals surface area (Å²) < 4.78 is 0. The Hall–Kier alpha value is -0.980. The van der Waals surface area contributed by atoms with Crippen LogP contribution >= 0.6 is 0 Å². The molecule has 1 heteroatoms. The zero-order chi connectivity index (χ0) is 12.5. The molecule has 1 N–H and O–H groups in total. The minimum Gasteiger partial charge on any atom is -0.382 e. The van der Waals surface area contributed by atoms with Gasteiger partial charge in [0.25, 0.3) is 0 Å². The van der Waals surface area contributed by atoms with Crippen LogP contribution < -0.4 is 5.32 Å². The summed E-state index contributed by atoms with van der Waals surface area (Å²) in [7, 11) is 0. The van der Waals surface area contributed by atoms with Gasteiger partial charge >= 0.3 is 0 Å². The second-order valence-corrected chi connectivity index (χ2v) is 6.40. The highest BCUT2D eigenvalue weighted by atomic mass is 14.9. The Balaban J connectivity index is 1.98. The van der Waals surface area contributed by atoms with E-state index in [4.69, 9.17) is 0 Å². The van der Waals surface area contributed by atoms with E-state index in [2.05, 4.69) is 51.2 Å². The van der Waals surface area contributed by atoms with Crippen LogP contribution in [0.5, 0.6) is 0 Å². The largest absolute Gasteiger partial charge is 0.382 e. The summed E-state index contributed by atoms with van der Waals surface area (Å²) in [6, 6.07) is 7.35. The molecule has 0 saturated heterocycles. The lowest BCUT2D eigenvalue weighted by Gasteiger charge is -2.35. The van der Waals surface area contributed by atoms with Gasteiger partial charge in [-0.25, -0.2) is 0 Å². The number of benzene rings is 1. The molecule has 1 saturated carbocycles. The van der Waals surface area contributed by atoms with E-state index in [1.807, 2.05) is 0 Å². The van der Waals surface area contributed by atoms with Crippen molar-refractivity contribution in [3.05, 3.63) is 29.3 Å². The summed E-state index contributed by atoms with van der Waals surface area (Å²) in [5.74, 6) is 0. The lowest BCUT2D eigenvalue weighted by molar-refractivity contribution is 0.232. The summed E-state index contributed by atoms with van der Waals surface area (Å²) in [5.41, 5.74) is 4.59.